The predicted octanol–water partition coefficient (Wildman–Crippen LogP) is 3.85. The molecule has 2 aromatic carbocycles. The van der Waals surface area contributed by atoms with Crippen LogP contribution in [0.4, 0.5) is 5.69 Å². The zero-order valence-corrected chi connectivity index (χ0v) is 12.1. The Bertz CT molecular complexity index is 722. The van der Waals surface area contributed by atoms with Crippen LogP contribution in [0.15, 0.2) is 54.1 Å². The second-order valence-electron chi connectivity index (χ2n) is 4.90. The van der Waals surface area contributed by atoms with Gasteiger partial charge in [-0.2, -0.15) is 5.26 Å². The average Bonchev–Trinajstić information content (AvgIpc) is 2.46. The number of aryl methyl sites for hydroxylation is 2. The smallest absolute Gasteiger partial charge is 0.266 e. The standard InChI is InChI=1S/C18H16N2O/c1-13-6-8-15(9-7-13)11-16(12-19)18(21)20-17-5-3-4-14(2)10-17/h3-11H,1-2H3,(H,20,21)/b16-11+. The van der Waals surface area contributed by atoms with Crippen molar-refractivity contribution in [1.82, 2.24) is 0 Å². The molecule has 3 nitrogen and oxygen atoms in total. The molecule has 0 spiro atoms. The number of anilines is 1. The van der Waals surface area contributed by atoms with Crippen LogP contribution in [-0.4, -0.2) is 5.91 Å². The zero-order chi connectivity index (χ0) is 15.2. The lowest BCUT2D eigenvalue weighted by atomic mass is 10.1. The van der Waals surface area contributed by atoms with Gasteiger partial charge in [-0.25, -0.2) is 0 Å². The highest BCUT2D eigenvalue weighted by atomic mass is 16.1. The summed E-state index contributed by atoms with van der Waals surface area (Å²) < 4.78 is 0. The van der Waals surface area contributed by atoms with Crippen molar-refractivity contribution in [3.63, 3.8) is 0 Å². The number of amides is 1. The van der Waals surface area contributed by atoms with Crippen LogP contribution in [0, 0.1) is 25.2 Å². The Balaban J connectivity index is 2.19. The molecule has 0 aliphatic carbocycles. The Hall–Kier alpha value is -2.86. The van der Waals surface area contributed by atoms with Crippen LogP contribution >= 0.6 is 0 Å². The summed E-state index contributed by atoms with van der Waals surface area (Å²) in [5.74, 6) is -0.399. The van der Waals surface area contributed by atoms with E-state index in [4.69, 9.17) is 5.26 Å². The fraction of sp³-hybridized carbons (Fsp3) is 0.111. The summed E-state index contributed by atoms with van der Waals surface area (Å²) in [6.45, 7) is 3.94. The van der Waals surface area contributed by atoms with E-state index in [-0.39, 0.29) is 5.57 Å². The number of rotatable bonds is 3. The van der Waals surface area contributed by atoms with Crippen molar-refractivity contribution in [3.8, 4) is 6.07 Å². The largest absolute Gasteiger partial charge is 0.321 e. The summed E-state index contributed by atoms with van der Waals surface area (Å²) in [5, 5.41) is 11.9. The molecule has 0 atom stereocenters. The number of hydrogen-bond acceptors (Lipinski definition) is 2. The van der Waals surface area contributed by atoms with Gasteiger partial charge in [-0.15, -0.1) is 0 Å². The molecule has 0 fully saturated rings. The molecule has 0 heterocycles. The van der Waals surface area contributed by atoms with Crippen LogP contribution in [0.2, 0.25) is 0 Å². The molecule has 21 heavy (non-hydrogen) atoms. The lowest BCUT2D eigenvalue weighted by Gasteiger charge is -2.05. The summed E-state index contributed by atoms with van der Waals surface area (Å²) >= 11 is 0. The Kier molecular flexibility index (Phi) is 4.53. The number of benzene rings is 2. The highest BCUT2D eigenvalue weighted by Gasteiger charge is 2.09. The molecule has 0 unspecified atom stereocenters. The van der Waals surface area contributed by atoms with Gasteiger partial charge >= 0.3 is 0 Å². The maximum absolute atomic E-state index is 12.1. The van der Waals surface area contributed by atoms with E-state index in [0.29, 0.717) is 5.69 Å². The van der Waals surface area contributed by atoms with Gasteiger partial charge in [0.25, 0.3) is 5.91 Å². The van der Waals surface area contributed by atoms with Crippen molar-refractivity contribution in [2.45, 2.75) is 13.8 Å². The lowest BCUT2D eigenvalue weighted by Crippen LogP contribution is -2.13. The maximum Gasteiger partial charge on any atom is 0.266 e. The molecule has 0 aliphatic heterocycles. The van der Waals surface area contributed by atoms with Crippen LogP contribution in [-0.2, 0) is 4.79 Å². The highest BCUT2D eigenvalue weighted by molar-refractivity contribution is 6.09. The molecule has 2 aromatic rings. The zero-order valence-electron chi connectivity index (χ0n) is 12.1. The topological polar surface area (TPSA) is 52.9 Å². The Morgan fingerprint density at radius 1 is 1.10 bits per heavy atom. The van der Waals surface area contributed by atoms with Crippen molar-refractivity contribution in [1.29, 1.82) is 5.26 Å². The van der Waals surface area contributed by atoms with Gasteiger partial charge < -0.3 is 5.32 Å². The fourth-order valence-electron chi connectivity index (χ4n) is 1.90. The van der Waals surface area contributed by atoms with E-state index < -0.39 is 5.91 Å². The first-order valence-electron chi connectivity index (χ1n) is 6.65. The molecule has 0 aromatic heterocycles. The molecule has 3 heteroatoms. The Labute approximate surface area is 124 Å². The third-order valence-electron chi connectivity index (χ3n) is 3.03. The lowest BCUT2D eigenvalue weighted by molar-refractivity contribution is -0.112. The van der Waals surface area contributed by atoms with Crippen molar-refractivity contribution in [2.24, 2.45) is 0 Å². The van der Waals surface area contributed by atoms with E-state index in [0.717, 1.165) is 16.7 Å². The molecule has 0 aliphatic rings. The van der Waals surface area contributed by atoms with Crippen molar-refractivity contribution in [3.05, 3.63) is 70.8 Å². The number of carbonyl (C=O) groups excluding carboxylic acids is 1. The van der Waals surface area contributed by atoms with Crippen molar-refractivity contribution in [2.75, 3.05) is 5.32 Å². The molecule has 1 amide bonds. The second-order valence-corrected chi connectivity index (χ2v) is 4.90. The SMILES string of the molecule is Cc1ccc(/C=C(\C#N)C(=O)Nc2cccc(C)c2)cc1. The maximum atomic E-state index is 12.1. The first kappa shape index (κ1) is 14.5. The van der Waals surface area contributed by atoms with E-state index >= 15 is 0 Å². The average molecular weight is 276 g/mol. The van der Waals surface area contributed by atoms with Gasteiger partial charge in [-0.05, 0) is 43.2 Å². The van der Waals surface area contributed by atoms with Gasteiger partial charge in [-0.1, -0.05) is 42.0 Å². The molecule has 1 N–H and O–H groups in total. The molecule has 104 valence electrons. The van der Waals surface area contributed by atoms with Crippen molar-refractivity contribution < 1.29 is 4.79 Å². The molecule has 2 rings (SSSR count). The third kappa shape index (κ3) is 4.05. The minimum atomic E-state index is -0.399. The number of carbonyl (C=O) groups is 1. The molecular formula is C18H16N2O. The predicted molar refractivity (Wildman–Crippen MR) is 84.6 cm³/mol. The van der Waals surface area contributed by atoms with Crippen molar-refractivity contribution >= 4 is 17.7 Å². The summed E-state index contributed by atoms with van der Waals surface area (Å²) in [5.41, 5.74) is 3.78. The third-order valence-corrected chi connectivity index (χ3v) is 3.03. The summed E-state index contributed by atoms with van der Waals surface area (Å²) in [6.07, 6.45) is 1.59. The highest BCUT2D eigenvalue weighted by Crippen LogP contribution is 2.13. The second kappa shape index (κ2) is 6.53. The van der Waals surface area contributed by atoms with Crippen LogP contribution in [0.25, 0.3) is 6.08 Å². The van der Waals surface area contributed by atoms with E-state index in [1.807, 2.05) is 62.4 Å². The number of nitriles is 1. The van der Waals surface area contributed by atoms with Crippen LogP contribution in [0.3, 0.4) is 0 Å². The van der Waals surface area contributed by atoms with Gasteiger partial charge in [0.05, 0.1) is 0 Å². The van der Waals surface area contributed by atoms with Gasteiger partial charge in [0.2, 0.25) is 0 Å². The Morgan fingerprint density at radius 3 is 2.43 bits per heavy atom. The molecule has 0 saturated heterocycles. The van der Waals surface area contributed by atoms with E-state index in [1.165, 1.54) is 0 Å². The van der Waals surface area contributed by atoms with Gasteiger partial charge in [0.1, 0.15) is 11.6 Å². The normalized spacial score (nSPS) is 10.8. The molecule has 0 radical (unpaired) electrons. The summed E-state index contributed by atoms with van der Waals surface area (Å²) in [6, 6.07) is 17.1. The van der Waals surface area contributed by atoms with Crippen LogP contribution in [0.5, 0.6) is 0 Å². The number of hydrogen-bond donors (Lipinski definition) is 1. The first-order chi connectivity index (χ1) is 10.1. The monoisotopic (exact) mass is 276 g/mol. The van der Waals surface area contributed by atoms with Crippen LogP contribution < -0.4 is 5.32 Å². The van der Waals surface area contributed by atoms with Crippen LogP contribution in [0.1, 0.15) is 16.7 Å². The first-order valence-corrected chi connectivity index (χ1v) is 6.65. The molecular weight excluding hydrogens is 260 g/mol. The summed E-state index contributed by atoms with van der Waals surface area (Å²) in [4.78, 5) is 12.1. The molecule has 0 bridgehead atoms. The molecule has 0 saturated carbocycles. The van der Waals surface area contributed by atoms with E-state index in [2.05, 4.69) is 5.32 Å². The minimum Gasteiger partial charge on any atom is -0.321 e. The fourth-order valence-corrected chi connectivity index (χ4v) is 1.90. The minimum absolute atomic E-state index is 0.0837. The van der Waals surface area contributed by atoms with E-state index in [1.54, 1.807) is 12.1 Å². The van der Waals surface area contributed by atoms with Gasteiger partial charge in [-0.3, -0.25) is 4.79 Å². The number of nitrogens with one attached hydrogen (secondary N) is 1. The summed E-state index contributed by atoms with van der Waals surface area (Å²) in [7, 11) is 0. The van der Waals surface area contributed by atoms with Gasteiger partial charge in [0.15, 0.2) is 0 Å². The quantitative estimate of drug-likeness (QED) is 0.684. The number of nitrogens with zero attached hydrogens (tertiary/aromatic N) is 1. The Morgan fingerprint density at radius 2 is 1.81 bits per heavy atom. The van der Waals surface area contributed by atoms with Gasteiger partial charge in [0, 0.05) is 5.69 Å². The van der Waals surface area contributed by atoms with E-state index in [9.17, 15) is 4.79 Å².